The van der Waals surface area contributed by atoms with E-state index in [4.69, 9.17) is 46.4 Å². The Morgan fingerprint density at radius 1 is 0.906 bits per heavy atom. The van der Waals surface area contributed by atoms with Crippen molar-refractivity contribution in [3.8, 4) is 0 Å². The Balaban J connectivity index is 1.86. The van der Waals surface area contributed by atoms with E-state index >= 15 is 0 Å². The van der Waals surface area contributed by atoms with Gasteiger partial charge in [0.15, 0.2) is 0 Å². The van der Waals surface area contributed by atoms with Crippen molar-refractivity contribution in [3.63, 3.8) is 0 Å². The van der Waals surface area contributed by atoms with Gasteiger partial charge in [0.25, 0.3) is 15.9 Å². The molecule has 0 unspecified atom stereocenters. The summed E-state index contributed by atoms with van der Waals surface area (Å²) >= 11 is 23.9. The maximum absolute atomic E-state index is 13.2. The molecule has 3 aromatic carbocycles. The lowest BCUT2D eigenvalue weighted by molar-refractivity contribution is -0.119. The lowest BCUT2D eigenvalue weighted by Gasteiger charge is -2.24. The third-order valence-corrected chi connectivity index (χ3v) is 7.25. The SMILES string of the molecule is O=C(CN(c1ccc(Cl)c(Cl)c1)S(=O)(=O)c1ccccc1)N/N=C/c1ccc(Cl)cc1Cl. The van der Waals surface area contributed by atoms with E-state index in [9.17, 15) is 13.2 Å². The van der Waals surface area contributed by atoms with Crippen LogP contribution < -0.4 is 9.73 Å². The lowest BCUT2D eigenvalue weighted by atomic mass is 10.2. The van der Waals surface area contributed by atoms with Gasteiger partial charge in [0, 0.05) is 10.6 Å². The second-order valence-corrected chi connectivity index (χ2v) is 9.90. The van der Waals surface area contributed by atoms with Crippen LogP contribution in [0.15, 0.2) is 76.7 Å². The first-order chi connectivity index (χ1) is 15.2. The summed E-state index contributed by atoms with van der Waals surface area (Å²) < 4.78 is 27.4. The predicted molar refractivity (Wildman–Crippen MR) is 130 cm³/mol. The molecular formula is C21H15Cl4N3O3S. The van der Waals surface area contributed by atoms with Gasteiger partial charge in [-0.25, -0.2) is 13.8 Å². The number of hydrazone groups is 1. The Labute approximate surface area is 205 Å². The zero-order valence-electron chi connectivity index (χ0n) is 16.2. The van der Waals surface area contributed by atoms with E-state index in [2.05, 4.69) is 10.5 Å². The van der Waals surface area contributed by atoms with Gasteiger partial charge in [-0.1, -0.05) is 70.7 Å². The first-order valence-electron chi connectivity index (χ1n) is 8.98. The van der Waals surface area contributed by atoms with Crippen molar-refractivity contribution in [2.24, 2.45) is 5.10 Å². The van der Waals surface area contributed by atoms with Gasteiger partial charge in [0.2, 0.25) is 0 Å². The second-order valence-electron chi connectivity index (χ2n) is 6.38. The summed E-state index contributed by atoms with van der Waals surface area (Å²) in [6.07, 6.45) is 1.33. The number of rotatable bonds is 7. The molecule has 0 aliphatic rings. The smallest absolute Gasteiger partial charge is 0.264 e. The molecule has 11 heteroatoms. The molecule has 0 spiro atoms. The van der Waals surface area contributed by atoms with Gasteiger partial charge in [-0.3, -0.25) is 9.10 Å². The van der Waals surface area contributed by atoms with Crippen LogP contribution in [0.4, 0.5) is 5.69 Å². The summed E-state index contributed by atoms with van der Waals surface area (Å²) in [7, 11) is -4.08. The fraction of sp³-hybridized carbons (Fsp3) is 0.0476. The van der Waals surface area contributed by atoms with E-state index in [0.29, 0.717) is 15.6 Å². The van der Waals surface area contributed by atoms with Crippen molar-refractivity contribution in [2.45, 2.75) is 4.90 Å². The standard InChI is InChI=1S/C21H15Cl4N3O3S/c22-15-7-6-14(19(24)10-15)12-26-27-21(29)13-28(16-8-9-18(23)20(25)11-16)32(30,31)17-4-2-1-3-5-17/h1-12H,13H2,(H,27,29)/b26-12+. The zero-order valence-corrected chi connectivity index (χ0v) is 20.0. The maximum Gasteiger partial charge on any atom is 0.264 e. The molecule has 0 heterocycles. The van der Waals surface area contributed by atoms with Gasteiger partial charge in [0.05, 0.1) is 31.9 Å². The fourth-order valence-electron chi connectivity index (χ4n) is 2.62. The molecule has 0 fully saturated rings. The molecule has 0 aliphatic carbocycles. The summed E-state index contributed by atoms with van der Waals surface area (Å²) in [5, 5.41) is 5.05. The van der Waals surface area contributed by atoms with Crippen molar-refractivity contribution in [1.29, 1.82) is 0 Å². The molecule has 6 nitrogen and oxygen atoms in total. The second kappa shape index (κ2) is 10.6. The van der Waals surface area contributed by atoms with Crippen molar-refractivity contribution >= 4 is 74.2 Å². The molecular weight excluding hydrogens is 516 g/mol. The number of benzene rings is 3. The molecule has 0 bridgehead atoms. The van der Waals surface area contributed by atoms with Crippen molar-refractivity contribution < 1.29 is 13.2 Å². The fourth-order valence-corrected chi connectivity index (χ4v) is 4.80. The third kappa shape index (κ3) is 5.94. The van der Waals surface area contributed by atoms with Gasteiger partial charge < -0.3 is 0 Å². The van der Waals surface area contributed by atoms with E-state index in [1.54, 1.807) is 30.3 Å². The van der Waals surface area contributed by atoms with Gasteiger partial charge in [0.1, 0.15) is 6.54 Å². The highest BCUT2D eigenvalue weighted by atomic mass is 35.5. The molecule has 0 radical (unpaired) electrons. The molecule has 3 aromatic rings. The maximum atomic E-state index is 13.2. The first kappa shape index (κ1) is 24.4. The third-order valence-electron chi connectivity index (χ3n) is 4.16. The Bertz CT molecular complexity index is 1270. The summed E-state index contributed by atoms with van der Waals surface area (Å²) in [5.41, 5.74) is 2.99. The molecule has 1 N–H and O–H groups in total. The minimum Gasteiger partial charge on any atom is -0.271 e. The number of nitrogens with zero attached hydrogens (tertiary/aromatic N) is 2. The molecule has 0 saturated heterocycles. The number of hydrogen-bond donors (Lipinski definition) is 1. The molecule has 0 saturated carbocycles. The van der Waals surface area contributed by atoms with Gasteiger partial charge >= 0.3 is 0 Å². The highest BCUT2D eigenvalue weighted by Crippen LogP contribution is 2.30. The van der Waals surface area contributed by atoms with Gasteiger partial charge in [-0.2, -0.15) is 5.10 Å². The van der Waals surface area contributed by atoms with Crippen molar-refractivity contribution in [1.82, 2.24) is 5.43 Å². The Morgan fingerprint density at radius 3 is 2.28 bits per heavy atom. The molecule has 0 aromatic heterocycles. The minimum absolute atomic E-state index is 0.00956. The van der Waals surface area contributed by atoms with E-state index < -0.39 is 22.5 Å². The quantitative estimate of drug-likeness (QED) is 0.317. The van der Waals surface area contributed by atoms with Gasteiger partial charge in [-0.05, 0) is 42.5 Å². The van der Waals surface area contributed by atoms with Crippen LogP contribution >= 0.6 is 46.4 Å². The molecule has 166 valence electrons. The highest BCUT2D eigenvalue weighted by Gasteiger charge is 2.27. The summed E-state index contributed by atoms with van der Waals surface area (Å²) in [6.45, 7) is -0.555. The summed E-state index contributed by atoms with van der Waals surface area (Å²) in [5.74, 6) is -0.683. The number of carbonyl (C=O) groups is 1. The van der Waals surface area contributed by atoms with E-state index in [0.717, 1.165) is 4.31 Å². The number of anilines is 1. The average Bonchev–Trinajstić information content (AvgIpc) is 2.76. The van der Waals surface area contributed by atoms with Crippen LogP contribution in [0.3, 0.4) is 0 Å². The summed E-state index contributed by atoms with van der Waals surface area (Å²) in [4.78, 5) is 12.6. The predicted octanol–water partition coefficient (Wildman–Crippen LogP) is 5.65. The van der Waals surface area contributed by atoms with E-state index in [1.165, 1.54) is 42.6 Å². The Hall–Kier alpha value is -2.29. The summed E-state index contributed by atoms with van der Waals surface area (Å²) in [6, 6.07) is 16.8. The van der Waals surface area contributed by atoms with Crippen LogP contribution in [-0.2, 0) is 14.8 Å². The molecule has 3 rings (SSSR count). The van der Waals surface area contributed by atoms with Crippen molar-refractivity contribution in [3.05, 3.63) is 92.4 Å². The minimum atomic E-state index is -4.08. The van der Waals surface area contributed by atoms with Crippen LogP contribution in [0.25, 0.3) is 0 Å². The van der Waals surface area contributed by atoms with Crippen LogP contribution in [0.5, 0.6) is 0 Å². The number of carbonyl (C=O) groups excluding carboxylic acids is 1. The van der Waals surface area contributed by atoms with Crippen LogP contribution in [0.1, 0.15) is 5.56 Å². The molecule has 1 amide bonds. The van der Waals surface area contributed by atoms with E-state index in [-0.39, 0.29) is 20.6 Å². The van der Waals surface area contributed by atoms with E-state index in [1.807, 2.05) is 0 Å². The number of amides is 1. The highest BCUT2D eigenvalue weighted by molar-refractivity contribution is 7.92. The number of halogens is 4. The van der Waals surface area contributed by atoms with Crippen molar-refractivity contribution in [2.75, 3.05) is 10.8 Å². The molecule has 0 atom stereocenters. The lowest BCUT2D eigenvalue weighted by Crippen LogP contribution is -2.39. The Morgan fingerprint density at radius 2 is 1.62 bits per heavy atom. The number of hydrogen-bond acceptors (Lipinski definition) is 4. The van der Waals surface area contributed by atoms with Crippen LogP contribution in [-0.4, -0.2) is 27.1 Å². The first-order valence-corrected chi connectivity index (χ1v) is 11.9. The monoisotopic (exact) mass is 529 g/mol. The van der Waals surface area contributed by atoms with Crippen LogP contribution in [0.2, 0.25) is 20.1 Å². The van der Waals surface area contributed by atoms with Crippen LogP contribution in [0, 0.1) is 0 Å². The zero-order chi connectivity index (χ0) is 23.3. The van der Waals surface area contributed by atoms with Gasteiger partial charge in [-0.15, -0.1) is 0 Å². The number of nitrogens with one attached hydrogen (secondary N) is 1. The Kier molecular flexibility index (Phi) is 8.03. The molecule has 0 aliphatic heterocycles. The normalized spacial score (nSPS) is 11.5. The number of sulfonamides is 1. The topological polar surface area (TPSA) is 78.8 Å². The average molecular weight is 531 g/mol. The largest absolute Gasteiger partial charge is 0.271 e. The molecule has 32 heavy (non-hydrogen) atoms.